The van der Waals surface area contributed by atoms with Crippen LogP contribution in [0.5, 0.6) is 0 Å². The Balaban J connectivity index is 2.45. The molecule has 0 bridgehead atoms. The van der Waals surface area contributed by atoms with E-state index in [4.69, 9.17) is 11.6 Å². The molecule has 5 heteroatoms. The van der Waals surface area contributed by atoms with Crippen molar-refractivity contribution in [2.24, 2.45) is 0 Å². The van der Waals surface area contributed by atoms with Gasteiger partial charge in [0.05, 0.1) is 13.2 Å². The molecule has 0 aliphatic heterocycles. The number of aliphatic hydroxyl groups is 2. The second kappa shape index (κ2) is 6.52. The van der Waals surface area contributed by atoms with Crippen molar-refractivity contribution >= 4 is 11.6 Å². The Kier molecular flexibility index (Phi) is 4.93. The van der Waals surface area contributed by atoms with E-state index in [0.29, 0.717) is 10.6 Å². The summed E-state index contributed by atoms with van der Waals surface area (Å²) in [5.41, 5.74) is -0.761. The van der Waals surface area contributed by atoms with Gasteiger partial charge in [-0.05, 0) is 36.2 Å². The lowest BCUT2D eigenvalue weighted by Gasteiger charge is -2.31. The molecule has 2 N–H and O–H groups in total. The predicted molar refractivity (Wildman–Crippen MR) is 77.4 cm³/mol. The van der Waals surface area contributed by atoms with Gasteiger partial charge in [-0.3, -0.25) is 0 Å². The number of rotatable bonds is 5. The summed E-state index contributed by atoms with van der Waals surface area (Å²) >= 11 is 5.81. The van der Waals surface area contributed by atoms with E-state index in [2.05, 4.69) is 0 Å². The monoisotopic (exact) mass is 312 g/mol. The molecule has 0 radical (unpaired) electrons. The van der Waals surface area contributed by atoms with E-state index >= 15 is 0 Å². The Morgan fingerprint density at radius 2 is 1.43 bits per heavy atom. The zero-order valence-corrected chi connectivity index (χ0v) is 11.9. The van der Waals surface area contributed by atoms with Crippen LogP contribution < -0.4 is 0 Å². The van der Waals surface area contributed by atoms with Crippen LogP contribution in [0.2, 0.25) is 5.02 Å². The van der Waals surface area contributed by atoms with Crippen molar-refractivity contribution in [2.75, 3.05) is 13.2 Å². The maximum absolute atomic E-state index is 13.8. The van der Waals surface area contributed by atoms with Crippen molar-refractivity contribution in [3.63, 3.8) is 0 Å². The SMILES string of the molecule is OCC(CO)(Cc1c(F)cccc1F)c1ccc(Cl)cc1. The number of aliphatic hydroxyl groups excluding tert-OH is 2. The first-order chi connectivity index (χ1) is 10.0. The van der Waals surface area contributed by atoms with E-state index in [1.54, 1.807) is 24.3 Å². The summed E-state index contributed by atoms with van der Waals surface area (Å²) in [7, 11) is 0. The predicted octanol–water partition coefficient (Wildman–Crippen LogP) is 3.08. The second-order valence-electron chi connectivity index (χ2n) is 4.98. The molecular weight excluding hydrogens is 298 g/mol. The van der Waals surface area contributed by atoms with Gasteiger partial charge in [0, 0.05) is 16.0 Å². The molecule has 0 aromatic heterocycles. The first kappa shape index (κ1) is 15.9. The molecule has 0 spiro atoms. The highest BCUT2D eigenvalue weighted by molar-refractivity contribution is 6.30. The summed E-state index contributed by atoms with van der Waals surface area (Å²) in [5, 5.41) is 19.9. The third-order valence-corrected chi connectivity index (χ3v) is 3.89. The summed E-state index contributed by atoms with van der Waals surface area (Å²) in [6.45, 7) is -0.891. The molecule has 0 saturated carbocycles. The number of hydrogen-bond donors (Lipinski definition) is 2. The highest BCUT2D eigenvalue weighted by Crippen LogP contribution is 2.31. The third-order valence-electron chi connectivity index (χ3n) is 3.64. The van der Waals surface area contributed by atoms with Gasteiger partial charge in [0.15, 0.2) is 0 Å². The molecule has 0 unspecified atom stereocenters. The normalized spacial score (nSPS) is 11.7. The maximum atomic E-state index is 13.8. The molecule has 0 aliphatic carbocycles. The van der Waals surface area contributed by atoms with Crippen LogP contribution in [0.1, 0.15) is 11.1 Å². The lowest BCUT2D eigenvalue weighted by atomic mass is 9.76. The molecular formula is C16H15ClF2O2. The molecule has 0 fully saturated rings. The van der Waals surface area contributed by atoms with Crippen molar-refractivity contribution in [3.05, 3.63) is 70.2 Å². The van der Waals surface area contributed by atoms with Gasteiger partial charge in [-0.1, -0.05) is 29.8 Å². The van der Waals surface area contributed by atoms with Gasteiger partial charge in [0.25, 0.3) is 0 Å². The van der Waals surface area contributed by atoms with E-state index in [1.165, 1.54) is 6.07 Å². The van der Waals surface area contributed by atoms with E-state index < -0.39 is 30.3 Å². The quantitative estimate of drug-likeness (QED) is 0.891. The lowest BCUT2D eigenvalue weighted by Crippen LogP contribution is -2.37. The minimum absolute atomic E-state index is 0.153. The summed E-state index contributed by atoms with van der Waals surface area (Å²) in [6.07, 6.45) is -0.153. The lowest BCUT2D eigenvalue weighted by molar-refractivity contribution is 0.115. The summed E-state index contributed by atoms with van der Waals surface area (Å²) < 4.78 is 27.6. The molecule has 0 heterocycles. The van der Waals surface area contributed by atoms with E-state index in [1.807, 2.05) is 0 Å². The van der Waals surface area contributed by atoms with Crippen molar-refractivity contribution in [1.29, 1.82) is 0 Å². The smallest absolute Gasteiger partial charge is 0.129 e. The third kappa shape index (κ3) is 3.23. The van der Waals surface area contributed by atoms with E-state index in [-0.39, 0.29) is 12.0 Å². The Morgan fingerprint density at radius 1 is 0.905 bits per heavy atom. The van der Waals surface area contributed by atoms with Gasteiger partial charge >= 0.3 is 0 Å². The molecule has 0 atom stereocenters. The van der Waals surface area contributed by atoms with Gasteiger partial charge in [-0.2, -0.15) is 0 Å². The molecule has 2 rings (SSSR count). The van der Waals surface area contributed by atoms with Crippen LogP contribution in [-0.2, 0) is 11.8 Å². The van der Waals surface area contributed by atoms with Crippen LogP contribution in [0.25, 0.3) is 0 Å². The minimum Gasteiger partial charge on any atom is -0.395 e. The average Bonchev–Trinajstić information content (AvgIpc) is 2.49. The topological polar surface area (TPSA) is 40.5 Å². The van der Waals surface area contributed by atoms with Crippen molar-refractivity contribution < 1.29 is 19.0 Å². The Morgan fingerprint density at radius 3 is 1.90 bits per heavy atom. The van der Waals surface area contributed by atoms with Gasteiger partial charge in [0.1, 0.15) is 11.6 Å². The zero-order valence-electron chi connectivity index (χ0n) is 11.2. The van der Waals surface area contributed by atoms with E-state index in [0.717, 1.165) is 12.1 Å². The number of halogens is 3. The fourth-order valence-corrected chi connectivity index (χ4v) is 2.42. The van der Waals surface area contributed by atoms with Gasteiger partial charge in [-0.15, -0.1) is 0 Å². The average molecular weight is 313 g/mol. The molecule has 0 amide bonds. The molecule has 0 saturated heterocycles. The molecule has 2 aromatic rings. The molecule has 21 heavy (non-hydrogen) atoms. The van der Waals surface area contributed by atoms with Gasteiger partial charge in [0.2, 0.25) is 0 Å². The first-order valence-electron chi connectivity index (χ1n) is 6.43. The Bertz CT molecular complexity index is 590. The number of hydrogen-bond acceptors (Lipinski definition) is 2. The van der Waals surface area contributed by atoms with Gasteiger partial charge in [-0.25, -0.2) is 8.78 Å². The van der Waals surface area contributed by atoms with Crippen LogP contribution in [0.3, 0.4) is 0 Å². The largest absolute Gasteiger partial charge is 0.395 e. The number of benzene rings is 2. The highest BCUT2D eigenvalue weighted by Gasteiger charge is 2.33. The standard InChI is InChI=1S/C16H15ClF2O2/c17-12-6-4-11(5-7-12)16(9-20,10-21)8-13-14(18)2-1-3-15(13)19/h1-7,20-21H,8-10H2. The molecule has 2 aromatic carbocycles. The Labute approximate surface area is 126 Å². The summed E-state index contributed by atoms with van der Waals surface area (Å²) in [6, 6.07) is 10.1. The van der Waals surface area contributed by atoms with Gasteiger partial charge < -0.3 is 10.2 Å². The first-order valence-corrected chi connectivity index (χ1v) is 6.81. The van der Waals surface area contributed by atoms with Crippen molar-refractivity contribution in [1.82, 2.24) is 0 Å². The summed E-state index contributed by atoms with van der Waals surface area (Å²) in [4.78, 5) is 0. The van der Waals surface area contributed by atoms with Crippen molar-refractivity contribution in [2.45, 2.75) is 11.8 Å². The fraction of sp³-hybridized carbons (Fsp3) is 0.250. The second-order valence-corrected chi connectivity index (χ2v) is 5.42. The van der Waals surface area contributed by atoms with E-state index in [9.17, 15) is 19.0 Å². The summed E-state index contributed by atoms with van der Waals surface area (Å²) in [5.74, 6) is -1.40. The van der Waals surface area contributed by atoms with Crippen LogP contribution >= 0.6 is 11.6 Å². The Hall–Kier alpha value is -1.49. The fourth-order valence-electron chi connectivity index (χ4n) is 2.29. The minimum atomic E-state index is -1.17. The van der Waals surface area contributed by atoms with Crippen LogP contribution in [-0.4, -0.2) is 23.4 Å². The maximum Gasteiger partial charge on any atom is 0.129 e. The molecule has 2 nitrogen and oxygen atoms in total. The van der Waals surface area contributed by atoms with Crippen LogP contribution in [0, 0.1) is 11.6 Å². The highest BCUT2D eigenvalue weighted by atomic mass is 35.5. The molecule has 0 aliphatic rings. The zero-order chi connectivity index (χ0) is 15.5. The van der Waals surface area contributed by atoms with Crippen LogP contribution in [0.4, 0.5) is 8.78 Å². The van der Waals surface area contributed by atoms with Crippen molar-refractivity contribution in [3.8, 4) is 0 Å². The van der Waals surface area contributed by atoms with Crippen LogP contribution in [0.15, 0.2) is 42.5 Å². The molecule has 112 valence electrons.